The van der Waals surface area contributed by atoms with Crippen molar-refractivity contribution >= 4 is 11.4 Å². The summed E-state index contributed by atoms with van der Waals surface area (Å²) in [4.78, 5) is 0. The summed E-state index contributed by atoms with van der Waals surface area (Å²) in [6.07, 6.45) is 1.14. The lowest BCUT2D eigenvalue weighted by molar-refractivity contribution is 0.00334. The van der Waals surface area contributed by atoms with Crippen molar-refractivity contribution < 1.29 is 14.2 Å². The van der Waals surface area contributed by atoms with Crippen LogP contribution in [0.15, 0.2) is 42.5 Å². The summed E-state index contributed by atoms with van der Waals surface area (Å²) in [6, 6.07) is 12.8. The van der Waals surface area contributed by atoms with Crippen LogP contribution >= 0.6 is 0 Å². The van der Waals surface area contributed by atoms with Crippen LogP contribution in [0.3, 0.4) is 0 Å². The van der Waals surface area contributed by atoms with E-state index in [-0.39, 0.29) is 12.2 Å². The molecule has 0 spiro atoms. The molecule has 1 aliphatic heterocycles. The number of morpholine rings is 1. The highest BCUT2D eigenvalue weighted by molar-refractivity contribution is 5.65. The van der Waals surface area contributed by atoms with E-state index in [1.54, 1.807) is 18.2 Å². The average molecular weight is 343 g/mol. The topological polar surface area (TPSA) is 91.8 Å². The largest absolute Gasteiger partial charge is 0.491 e. The second kappa shape index (κ2) is 8.09. The third-order valence-electron chi connectivity index (χ3n) is 4.05. The fourth-order valence-corrected chi connectivity index (χ4v) is 2.76. The lowest BCUT2D eigenvalue weighted by atomic mass is 10.1. The smallest absolute Gasteiger partial charge is 0.129 e. The van der Waals surface area contributed by atoms with Gasteiger partial charge in [-0.15, -0.1) is 0 Å². The average Bonchev–Trinajstić information content (AvgIpc) is 2.61. The zero-order valence-corrected chi connectivity index (χ0v) is 14.4. The van der Waals surface area contributed by atoms with E-state index >= 15 is 0 Å². The molecule has 25 heavy (non-hydrogen) atoms. The van der Waals surface area contributed by atoms with Gasteiger partial charge in [0.15, 0.2) is 0 Å². The maximum absolute atomic E-state index is 5.96. The molecular weight excluding hydrogens is 318 g/mol. The van der Waals surface area contributed by atoms with Crippen molar-refractivity contribution in [3.05, 3.63) is 42.5 Å². The van der Waals surface area contributed by atoms with Crippen LogP contribution in [0.2, 0.25) is 0 Å². The van der Waals surface area contributed by atoms with Gasteiger partial charge in [-0.25, -0.2) is 0 Å². The van der Waals surface area contributed by atoms with Gasteiger partial charge in [-0.1, -0.05) is 0 Å². The first-order chi connectivity index (χ1) is 12.1. The van der Waals surface area contributed by atoms with Crippen LogP contribution in [-0.4, -0.2) is 31.9 Å². The summed E-state index contributed by atoms with van der Waals surface area (Å²) in [5.74, 6) is 2.17. The minimum atomic E-state index is 0.0774. The van der Waals surface area contributed by atoms with Crippen molar-refractivity contribution in [1.29, 1.82) is 0 Å². The molecule has 0 aliphatic carbocycles. The maximum Gasteiger partial charge on any atom is 0.129 e. The number of nitrogen functional groups attached to an aromatic ring is 2. The van der Waals surface area contributed by atoms with Crippen molar-refractivity contribution in [2.24, 2.45) is 0 Å². The van der Waals surface area contributed by atoms with Gasteiger partial charge >= 0.3 is 0 Å². The highest BCUT2D eigenvalue weighted by atomic mass is 16.5. The van der Waals surface area contributed by atoms with Gasteiger partial charge in [0.05, 0.1) is 30.2 Å². The molecule has 2 aromatic carbocycles. The van der Waals surface area contributed by atoms with E-state index in [1.807, 2.05) is 24.3 Å². The first-order valence-corrected chi connectivity index (χ1v) is 8.52. The molecule has 1 saturated heterocycles. The number of rotatable bonds is 6. The molecule has 6 nitrogen and oxygen atoms in total. The molecule has 5 N–H and O–H groups in total. The minimum Gasteiger partial charge on any atom is -0.491 e. The number of hydrogen-bond acceptors (Lipinski definition) is 6. The van der Waals surface area contributed by atoms with E-state index < -0.39 is 0 Å². The van der Waals surface area contributed by atoms with Gasteiger partial charge in [0.1, 0.15) is 17.2 Å². The number of nitrogens with one attached hydrogen (secondary N) is 1. The molecule has 2 aromatic rings. The minimum absolute atomic E-state index is 0.0774. The van der Waals surface area contributed by atoms with Crippen LogP contribution in [0.4, 0.5) is 11.4 Å². The van der Waals surface area contributed by atoms with E-state index in [2.05, 4.69) is 12.2 Å². The Bertz CT molecular complexity index is 685. The molecule has 0 amide bonds. The molecule has 1 fully saturated rings. The highest BCUT2D eigenvalue weighted by Crippen LogP contribution is 2.28. The Balaban J connectivity index is 1.53. The zero-order chi connectivity index (χ0) is 17.6. The molecule has 0 radical (unpaired) electrons. The van der Waals surface area contributed by atoms with Gasteiger partial charge in [0.25, 0.3) is 0 Å². The molecule has 6 heteroatoms. The third-order valence-corrected chi connectivity index (χ3v) is 4.05. The van der Waals surface area contributed by atoms with Gasteiger partial charge in [-0.05, 0) is 43.3 Å². The Morgan fingerprint density at radius 2 is 1.80 bits per heavy atom. The number of benzene rings is 2. The van der Waals surface area contributed by atoms with Gasteiger partial charge in [0, 0.05) is 25.6 Å². The predicted molar refractivity (Wildman–Crippen MR) is 99.1 cm³/mol. The summed E-state index contributed by atoms with van der Waals surface area (Å²) >= 11 is 0. The quantitative estimate of drug-likeness (QED) is 0.699. The molecule has 2 unspecified atom stereocenters. The lowest BCUT2D eigenvalue weighted by Crippen LogP contribution is -2.40. The monoisotopic (exact) mass is 343 g/mol. The Kier molecular flexibility index (Phi) is 5.63. The third kappa shape index (κ3) is 5.01. The van der Waals surface area contributed by atoms with Gasteiger partial charge in [0.2, 0.25) is 0 Å². The van der Waals surface area contributed by atoms with E-state index in [1.165, 1.54) is 0 Å². The standard InChI is InChI=1S/C19H25N3O3/c1-13(10-17-12-22-8-9-23-17)24-14-2-4-15(5-3-14)25-16-6-7-18(20)19(21)11-16/h2-7,11,13,17,22H,8-10,12,20-21H2,1H3. The number of ether oxygens (including phenoxy) is 3. The van der Waals surface area contributed by atoms with E-state index in [0.717, 1.165) is 31.9 Å². The Labute approximate surface area is 148 Å². The SMILES string of the molecule is CC(CC1CNCCO1)Oc1ccc(Oc2ccc(N)c(N)c2)cc1. The molecule has 1 heterocycles. The summed E-state index contributed by atoms with van der Waals surface area (Å²) in [6.45, 7) is 4.62. The fraction of sp³-hybridized carbons (Fsp3) is 0.368. The van der Waals surface area contributed by atoms with Crippen molar-refractivity contribution in [3.8, 4) is 17.2 Å². The Hall–Kier alpha value is -2.44. The first kappa shape index (κ1) is 17.4. The first-order valence-electron chi connectivity index (χ1n) is 8.52. The molecule has 0 aromatic heterocycles. The lowest BCUT2D eigenvalue weighted by Gasteiger charge is -2.26. The van der Waals surface area contributed by atoms with E-state index in [4.69, 9.17) is 25.7 Å². The number of anilines is 2. The second-order valence-corrected chi connectivity index (χ2v) is 6.23. The highest BCUT2D eigenvalue weighted by Gasteiger charge is 2.17. The molecular formula is C19H25N3O3. The van der Waals surface area contributed by atoms with Gasteiger partial charge in [-0.2, -0.15) is 0 Å². The van der Waals surface area contributed by atoms with Crippen LogP contribution < -0.4 is 26.3 Å². The summed E-state index contributed by atoms with van der Waals surface area (Å²) in [7, 11) is 0. The van der Waals surface area contributed by atoms with Crippen LogP contribution in [0.5, 0.6) is 17.2 Å². The number of hydrogen-bond donors (Lipinski definition) is 3. The van der Waals surface area contributed by atoms with Crippen LogP contribution in [0.25, 0.3) is 0 Å². The van der Waals surface area contributed by atoms with Gasteiger partial charge in [-0.3, -0.25) is 0 Å². The normalized spacial score (nSPS) is 18.5. The van der Waals surface area contributed by atoms with E-state index in [9.17, 15) is 0 Å². The van der Waals surface area contributed by atoms with Crippen LogP contribution in [-0.2, 0) is 4.74 Å². The Morgan fingerprint density at radius 3 is 2.48 bits per heavy atom. The predicted octanol–water partition coefficient (Wildman–Crippen LogP) is 2.79. The van der Waals surface area contributed by atoms with Crippen molar-refractivity contribution in [2.45, 2.75) is 25.6 Å². The van der Waals surface area contributed by atoms with Crippen molar-refractivity contribution in [2.75, 3.05) is 31.2 Å². The second-order valence-electron chi connectivity index (χ2n) is 6.23. The molecule has 2 atom stereocenters. The molecule has 1 aliphatic rings. The van der Waals surface area contributed by atoms with Crippen molar-refractivity contribution in [3.63, 3.8) is 0 Å². The van der Waals surface area contributed by atoms with Gasteiger partial charge < -0.3 is 31.0 Å². The maximum atomic E-state index is 5.96. The van der Waals surface area contributed by atoms with E-state index in [0.29, 0.717) is 22.9 Å². The molecule has 3 rings (SSSR count). The molecule has 0 saturated carbocycles. The fourth-order valence-electron chi connectivity index (χ4n) is 2.76. The van der Waals surface area contributed by atoms with Crippen LogP contribution in [0.1, 0.15) is 13.3 Å². The number of nitrogens with two attached hydrogens (primary N) is 2. The Morgan fingerprint density at radius 1 is 1.08 bits per heavy atom. The van der Waals surface area contributed by atoms with Crippen LogP contribution in [0, 0.1) is 0 Å². The molecule has 0 bridgehead atoms. The summed E-state index contributed by atoms with van der Waals surface area (Å²) < 4.78 is 17.4. The molecule has 134 valence electrons. The zero-order valence-electron chi connectivity index (χ0n) is 14.4. The van der Waals surface area contributed by atoms with Crippen molar-refractivity contribution in [1.82, 2.24) is 5.32 Å². The summed E-state index contributed by atoms with van der Waals surface area (Å²) in [5, 5.41) is 3.33. The summed E-state index contributed by atoms with van der Waals surface area (Å²) in [5.41, 5.74) is 12.5.